The summed E-state index contributed by atoms with van der Waals surface area (Å²) in [6.07, 6.45) is 0. The Kier molecular flexibility index (Phi) is 8.39. The van der Waals surface area contributed by atoms with Gasteiger partial charge in [-0.15, -0.1) is 0 Å². The van der Waals surface area contributed by atoms with Gasteiger partial charge < -0.3 is 18.6 Å². The number of aryl methyl sites for hydroxylation is 2. The van der Waals surface area contributed by atoms with Crippen LogP contribution in [-0.4, -0.2) is 8.80 Å². The Bertz CT molecular complexity index is 3720. The standard InChI is InChI=1S/C62H50N4/c1-37(2)41-19-23-45(24-20-41)63(43-13-9-7-10-14-43)55-31-27-47-49-35-58-50(36-57(49)65-53-29-17-39(5)33-51(53)59(55)61(47)65)48-28-32-56(60-52-34-40(6)18-30-54(52)66(58)62(48)60)64(44-15-11-8-12-16-44)46-25-21-42(22-26-46)38(3)4/h7-38H,1-6H3. The van der Waals surface area contributed by atoms with Gasteiger partial charge >= 0.3 is 0 Å². The average Bonchev–Trinajstić information content (AvgIpc) is 4.05. The highest BCUT2D eigenvalue weighted by Gasteiger charge is 2.28. The van der Waals surface area contributed by atoms with Crippen LogP contribution in [0.1, 0.15) is 61.8 Å². The molecule has 0 spiro atoms. The van der Waals surface area contributed by atoms with E-state index >= 15 is 0 Å². The van der Waals surface area contributed by atoms with Crippen LogP contribution >= 0.6 is 0 Å². The van der Waals surface area contributed by atoms with Crippen molar-refractivity contribution < 1.29 is 0 Å². The van der Waals surface area contributed by atoms with E-state index in [1.165, 1.54) is 110 Å². The zero-order chi connectivity index (χ0) is 44.5. The van der Waals surface area contributed by atoms with Crippen molar-refractivity contribution in [3.63, 3.8) is 0 Å². The SMILES string of the molecule is Cc1ccc2c(c1)c1c(N(c3ccccc3)c3ccc(C(C)C)cc3)ccc3c4cc5c(cc4n2c31)c1ccc(N(c2ccccc2)c2ccc(C(C)C)cc2)c2c3cc(C)ccc3n5c12. The highest BCUT2D eigenvalue weighted by Crippen LogP contribution is 2.51. The van der Waals surface area contributed by atoms with E-state index in [9.17, 15) is 0 Å². The van der Waals surface area contributed by atoms with E-state index in [4.69, 9.17) is 0 Å². The Morgan fingerprint density at radius 2 is 0.712 bits per heavy atom. The molecule has 66 heavy (non-hydrogen) atoms. The molecule has 0 fully saturated rings. The third-order valence-corrected chi connectivity index (χ3v) is 14.4. The molecule has 4 aromatic heterocycles. The Hall–Kier alpha value is -7.82. The van der Waals surface area contributed by atoms with Gasteiger partial charge in [-0.3, -0.25) is 0 Å². The minimum absolute atomic E-state index is 0.459. The number of fused-ring (bicyclic) bond motifs is 12. The molecule has 0 aliphatic heterocycles. The van der Waals surface area contributed by atoms with Crippen LogP contribution in [0, 0.1) is 13.8 Å². The summed E-state index contributed by atoms with van der Waals surface area (Å²) in [7, 11) is 0. The predicted molar refractivity (Wildman–Crippen MR) is 283 cm³/mol. The van der Waals surface area contributed by atoms with Crippen LogP contribution in [0.2, 0.25) is 0 Å². The number of nitrogens with zero attached hydrogens (tertiary/aromatic N) is 4. The van der Waals surface area contributed by atoms with E-state index in [0.29, 0.717) is 11.8 Å². The van der Waals surface area contributed by atoms with E-state index in [-0.39, 0.29) is 0 Å². The van der Waals surface area contributed by atoms with E-state index < -0.39 is 0 Å². The molecule has 13 aromatic rings. The van der Waals surface area contributed by atoms with Crippen LogP contribution < -0.4 is 9.80 Å². The average molecular weight is 851 g/mol. The molecule has 4 nitrogen and oxygen atoms in total. The molecule has 4 heterocycles. The first-order chi connectivity index (χ1) is 32.2. The molecule has 0 aliphatic carbocycles. The number of aromatic nitrogens is 2. The van der Waals surface area contributed by atoms with Crippen LogP contribution in [0.15, 0.2) is 182 Å². The summed E-state index contributed by atoms with van der Waals surface area (Å²) in [6, 6.07) is 68.5. The molecular formula is C62H50N4. The maximum absolute atomic E-state index is 2.56. The summed E-state index contributed by atoms with van der Waals surface area (Å²) < 4.78 is 5.12. The summed E-state index contributed by atoms with van der Waals surface area (Å²) in [5, 5.41) is 10.2. The van der Waals surface area contributed by atoms with Crippen molar-refractivity contribution >= 4 is 110 Å². The smallest absolute Gasteiger partial charge is 0.0641 e. The minimum Gasteiger partial charge on any atom is -0.310 e. The molecule has 9 aromatic carbocycles. The largest absolute Gasteiger partial charge is 0.310 e. The van der Waals surface area contributed by atoms with Gasteiger partial charge in [0, 0.05) is 65.8 Å². The van der Waals surface area contributed by atoms with Gasteiger partial charge in [0.15, 0.2) is 0 Å². The molecule has 0 amide bonds. The Balaban J connectivity index is 1.11. The summed E-state index contributed by atoms with van der Waals surface area (Å²) in [6.45, 7) is 13.5. The number of rotatable bonds is 8. The fourth-order valence-corrected chi connectivity index (χ4v) is 11.2. The van der Waals surface area contributed by atoms with Crippen molar-refractivity contribution in [2.45, 2.75) is 53.4 Å². The van der Waals surface area contributed by atoms with Gasteiger partial charge in [0.1, 0.15) is 0 Å². The first-order valence-corrected chi connectivity index (χ1v) is 23.5. The number of anilines is 6. The predicted octanol–water partition coefficient (Wildman–Crippen LogP) is 17.8. The van der Waals surface area contributed by atoms with E-state index in [0.717, 1.165) is 22.7 Å². The van der Waals surface area contributed by atoms with E-state index in [1.54, 1.807) is 0 Å². The van der Waals surface area contributed by atoms with Crippen LogP contribution in [0.25, 0.3) is 76.2 Å². The second-order valence-corrected chi connectivity index (χ2v) is 19.1. The zero-order valence-corrected chi connectivity index (χ0v) is 38.3. The van der Waals surface area contributed by atoms with Crippen LogP contribution in [0.5, 0.6) is 0 Å². The number of benzene rings is 9. The first kappa shape index (κ1) is 38.6. The van der Waals surface area contributed by atoms with Gasteiger partial charge in [-0.05, 0) is 134 Å². The fourth-order valence-electron chi connectivity index (χ4n) is 11.2. The summed E-state index contributed by atoms with van der Waals surface area (Å²) in [5.74, 6) is 0.918. The summed E-state index contributed by atoms with van der Waals surface area (Å²) in [4.78, 5) is 4.91. The molecule has 0 aliphatic rings. The zero-order valence-electron chi connectivity index (χ0n) is 38.3. The Labute approximate surface area is 384 Å². The molecule has 0 atom stereocenters. The summed E-state index contributed by atoms with van der Waals surface area (Å²) in [5.41, 5.74) is 19.6. The molecular weight excluding hydrogens is 801 g/mol. The first-order valence-electron chi connectivity index (χ1n) is 23.5. The van der Waals surface area contributed by atoms with Crippen molar-refractivity contribution in [3.8, 4) is 0 Å². The van der Waals surface area contributed by atoms with Crippen molar-refractivity contribution in [2.75, 3.05) is 9.80 Å². The lowest BCUT2D eigenvalue weighted by Crippen LogP contribution is -2.10. The quantitative estimate of drug-likeness (QED) is 0.151. The van der Waals surface area contributed by atoms with Gasteiger partial charge in [-0.2, -0.15) is 0 Å². The maximum atomic E-state index is 2.56. The Morgan fingerprint density at radius 1 is 0.333 bits per heavy atom. The van der Waals surface area contributed by atoms with Crippen molar-refractivity contribution in [1.29, 1.82) is 0 Å². The lowest BCUT2D eigenvalue weighted by atomic mass is 10.0. The normalized spacial score (nSPS) is 12.4. The third kappa shape index (κ3) is 5.51. The topological polar surface area (TPSA) is 15.3 Å². The molecule has 0 saturated heterocycles. The number of hydrogen-bond donors (Lipinski definition) is 0. The molecule has 0 N–H and O–H groups in total. The van der Waals surface area contributed by atoms with Crippen LogP contribution in [0.3, 0.4) is 0 Å². The van der Waals surface area contributed by atoms with Crippen molar-refractivity contribution in [1.82, 2.24) is 8.80 Å². The maximum Gasteiger partial charge on any atom is 0.0641 e. The lowest BCUT2D eigenvalue weighted by molar-refractivity contribution is 0.866. The van der Waals surface area contributed by atoms with Gasteiger partial charge in [-0.1, -0.05) is 124 Å². The fraction of sp³-hybridized carbons (Fsp3) is 0.129. The van der Waals surface area contributed by atoms with E-state index in [1.807, 2.05) is 0 Å². The molecule has 0 unspecified atom stereocenters. The second kappa shape index (κ2) is 14.3. The molecule has 0 radical (unpaired) electrons. The number of hydrogen-bond acceptors (Lipinski definition) is 2. The molecule has 318 valence electrons. The molecule has 0 saturated carbocycles. The van der Waals surface area contributed by atoms with Crippen molar-refractivity contribution in [2.24, 2.45) is 0 Å². The van der Waals surface area contributed by atoms with Crippen molar-refractivity contribution in [3.05, 3.63) is 204 Å². The summed E-state index contributed by atoms with van der Waals surface area (Å²) >= 11 is 0. The molecule has 0 bridgehead atoms. The Morgan fingerprint density at radius 3 is 1.09 bits per heavy atom. The van der Waals surface area contributed by atoms with Crippen LogP contribution in [-0.2, 0) is 0 Å². The van der Waals surface area contributed by atoms with Gasteiger partial charge in [0.25, 0.3) is 0 Å². The monoisotopic (exact) mass is 850 g/mol. The van der Waals surface area contributed by atoms with Crippen LogP contribution in [0.4, 0.5) is 34.1 Å². The third-order valence-electron chi connectivity index (χ3n) is 14.4. The van der Waals surface area contributed by atoms with Gasteiger partial charge in [-0.25, -0.2) is 0 Å². The molecule has 13 rings (SSSR count). The molecule has 4 heteroatoms. The van der Waals surface area contributed by atoms with E-state index in [2.05, 4.69) is 242 Å². The highest BCUT2D eigenvalue weighted by molar-refractivity contribution is 6.32. The highest BCUT2D eigenvalue weighted by atomic mass is 15.2. The lowest BCUT2D eigenvalue weighted by Gasteiger charge is -2.27. The van der Waals surface area contributed by atoms with Gasteiger partial charge in [0.2, 0.25) is 0 Å². The van der Waals surface area contributed by atoms with Gasteiger partial charge in [0.05, 0.1) is 44.5 Å². The second-order valence-electron chi connectivity index (χ2n) is 19.1. The number of para-hydroxylation sites is 2. The minimum atomic E-state index is 0.459.